The number of pyridine rings is 2. The maximum atomic E-state index is 15.0. The maximum Gasteiger partial charge on any atom is 0.410 e. The lowest BCUT2D eigenvalue weighted by molar-refractivity contribution is -0.130. The zero-order valence-corrected chi connectivity index (χ0v) is 62.1. The van der Waals surface area contributed by atoms with Crippen LogP contribution in [-0.2, 0) is 84.0 Å². The first-order valence-corrected chi connectivity index (χ1v) is 34.6. The second-order valence-electron chi connectivity index (χ2n) is 30.8. The molecule has 8 aromatic rings. The van der Waals surface area contributed by atoms with Crippen molar-refractivity contribution in [3.05, 3.63) is 210 Å². The summed E-state index contributed by atoms with van der Waals surface area (Å²) in [5.74, 6) is -2.06. The van der Waals surface area contributed by atoms with Crippen LogP contribution in [0, 0.1) is 11.6 Å². The fraction of sp³-hybridized carbons (Fsp3) is 0.429. The minimum Gasteiger partial charge on any atom is -0.487 e. The molecule has 10 rings (SSSR count). The van der Waals surface area contributed by atoms with Crippen LogP contribution in [0.2, 0.25) is 0 Å². The Morgan fingerprint density at radius 2 is 0.886 bits per heavy atom. The van der Waals surface area contributed by atoms with Crippen molar-refractivity contribution in [2.75, 3.05) is 37.0 Å². The first-order valence-electron chi connectivity index (χ1n) is 34.6. The largest absolute Gasteiger partial charge is 0.487 e. The predicted octanol–water partition coefficient (Wildman–Crippen LogP) is 9.32. The molecule has 2 aliphatic rings. The minimum atomic E-state index is -1.26. The molecule has 6 amide bonds. The predicted molar refractivity (Wildman–Crippen MR) is 388 cm³/mol. The number of halogens is 2. The molecule has 6 heterocycles. The molecule has 2 aliphatic heterocycles. The van der Waals surface area contributed by atoms with E-state index in [1.807, 2.05) is 76.2 Å². The lowest BCUT2D eigenvalue weighted by atomic mass is 9.78. The van der Waals surface area contributed by atoms with E-state index in [2.05, 4.69) is 55.1 Å². The van der Waals surface area contributed by atoms with Gasteiger partial charge < -0.3 is 49.3 Å². The number of nitrogens with one attached hydrogen (secondary N) is 4. The number of likely N-dealkylation sites (N-methyl/N-ethyl adjacent to an activating group) is 2. The number of benzene rings is 4. The SMILES string of the molecule is C[C@@H](C(=O)N[C@@H](Cn1cc(COc2ccc(C(C)(C)c3ccc(OCc4cn(C[C@H](NC(=O)[C@H](C)N(C)C(=O)OC(C)(C)C)C(=O)N5CC(C)(C)c6[nH]c(=O)c(Cc7ccc(F)cc7)cc65)nn4)cc3)cc2)nn1)C(=O)N1CC(C)(C)c2[nH]c(=O)c(Cc3ccc(F)cc3)cc21)N(C)C(=O)OC(C)(C)C. The van der Waals surface area contributed by atoms with E-state index in [-0.39, 0.29) is 63.4 Å². The topological polar surface area (TPSA) is 304 Å². The summed E-state index contributed by atoms with van der Waals surface area (Å²) >= 11 is 0. The Balaban J connectivity index is 0.783. The number of anilines is 2. The summed E-state index contributed by atoms with van der Waals surface area (Å²) in [5.41, 5.74) is 2.55. The van der Waals surface area contributed by atoms with Gasteiger partial charge in [-0.05, 0) is 138 Å². The van der Waals surface area contributed by atoms with E-state index >= 15 is 9.59 Å². The number of nitrogens with zero attached hydrogens (tertiary/aromatic N) is 10. The molecule has 4 N–H and O–H groups in total. The van der Waals surface area contributed by atoms with Crippen molar-refractivity contribution in [3.8, 4) is 11.5 Å². The summed E-state index contributed by atoms with van der Waals surface area (Å²) < 4.78 is 54.0. The van der Waals surface area contributed by atoms with Gasteiger partial charge in [-0.2, -0.15) is 0 Å². The quantitative estimate of drug-likeness (QED) is 0.0438. The number of ether oxygens (including phenoxy) is 4. The molecule has 0 spiro atoms. The van der Waals surface area contributed by atoms with Gasteiger partial charge in [0.25, 0.3) is 22.9 Å². The van der Waals surface area contributed by atoms with E-state index in [1.165, 1.54) is 71.4 Å². The third-order valence-electron chi connectivity index (χ3n) is 18.7. The van der Waals surface area contributed by atoms with Gasteiger partial charge in [0.2, 0.25) is 11.8 Å². The second kappa shape index (κ2) is 30.3. The van der Waals surface area contributed by atoms with Crippen molar-refractivity contribution in [2.24, 2.45) is 0 Å². The molecule has 0 saturated heterocycles. The van der Waals surface area contributed by atoms with Crippen LogP contribution in [0.4, 0.5) is 29.7 Å². The molecule has 556 valence electrons. The molecule has 0 fully saturated rings. The highest BCUT2D eigenvalue weighted by atomic mass is 19.1. The maximum absolute atomic E-state index is 15.0. The number of H-pyrrole nitrogens is 2. The van der Waals surface area contributed by atoms with Gasteiger partial charge in [0.1, 0.15) is 83.1 Å². The number of aromatic nitrogens is 8. The molecule has 4 aromatic carbocycles. The summed E-state index contributed by atoms with van der Waals surface area (Å²) in [5, 5.41) is 23.0. The standard InChI is InChI=1S/C77H92F2N14O12/c1-45(88(15)71(100)104-73(3,4)5)65(94)80-59(69(98)92-43-75(9,10)63-61(92)35-49(67(96)82-63)33-47-17-25-53(78)26-18-47)39-90-37-55(84-86-90)41-102-57-29-21-51(22-30-57)77(13,14)52-23-31-58(32-24-52)103-42-56-38-91(87-85-56)40-60(81-66(95)46(2)89(16)72(101)105-74(6,7)8)70(99)93-44-76(11,12)64-62(93)36-50(68(97)83-64)34-48-19-27-54(79)28-20-48/h17-32,35-38,45-46,59-60H,33-34,39-44H2,1-16H3,(H,80,94)(H,81,95)(H,82,96)(H,83,97)/t45-,46-,59-,60-/m0/s1. The summed E-state index contributed by atoms with van der Waals surface area (Å²) in [4.78, 5) is 123. The van der Waals surface area contributed by atoms with Gasteiger partial charge in [0.15, 0.2) is 0 Å². The van der Waals surface area contributed by atoms with E-state index in [4.69, 9.17) is 18.9 Å². The van der Waals surface area contributed by atoms with Crippen LogP contribution in [-0.4, -0.2) is 148 Å². The Bertz CT molecular complexity index is 4360. The Labute approximate surface area is 607 Å². The van der Waals surface area contributed by atoms with Gasteiger partial charge in [0.05, 0.1) is 36.9 Å². The van der Waals surface area contributed by atoms with Gasteiger partial charge in [-0.25, -0.2) is 27.7 Å². The molecule has 4 aromatic heterocycles. The smallest absolute Gasteiger partial charge is 0.410 e. The first-order chi connectivity index (χ1) is 49.2. The van der Waals surface area contributed by atoms with Gasteiger partial charge in [0, 0.05) is 78.8 Å². The van der Waals surface area contributed by atoms with Crippen molar-refractivity contribution in [3.63, 3.8) is 0 Å². The summed E-state index contributed by atoms with van der Waals surface area (Å²) in [7, 11) is 2.86. The van der Waals surface area contributed by atoms with Crippen molar-refractivity contribution >= 4 is 47.2 Å². The molecule has 0 radical (unpaired) electrons. The average molecular weight is 1440 g/mol. The normalized spacial score (nSPS) is 15.0. The fourth-order valence-corrected chi connectivity index (χ4v) is 12.4. The zero-order valence-electron chi connectivity index (χ0n) is 62.1. The Morgan fingerprint density at radius 1 is 0.543 bits per heavy atom. The summed E-state index contributed by atoms with van der Waals surface area (Å²) in [6.07, 6.45) is 2.08. The molecule has 4 atom stereocenters. The van der Waals surface area contributed by atoms with Crippen LogP contribution in [0.25, 0.3) is 0 Å². The van der Waals surface area contributed by atoms with Gasteiger partial charge in [-0.1, -0.05) is 101 Å². The fourth-order valence-electron chi connectivity index (χ4n) is 12.4. The third kappa shape index (κ3) is 18.3. The number of aromatic amines is 2. The van der Waals surface area contributed by atoms with Crippen molar-refractivity contribution in [1.29, 1.82) is 0 Å². The third-order valence-corrected chi connectivity index (χ3v) is 18.7. The highest BCUT2D eigenvalue weighted by Crippen LogP contribution is 2.41. The Hall–Kier alpha value is -11.1. The van der Waals surface area contributed by atoms with Crippen LogP contribution >= 0.6 is 0 Å². The van der Waals surface area contributed by atoms with Gasteiger partial charge in [-0.3, -0.25) is 38.6 Å². The molecule has 0 unspecified atom stereocenters. The number of amides is 6. The van der Waals surface area contributed by atoms with E-state index in [0.717, 1.165) is 20.9 Å². The van der Waals surface area contributed by atoms with Gasteiger partial charge in [-0.15, -0.1) is 10.2 Å². The number of rotatable bonds is 24. The molecular weight excluding hydrogens is 1350 g/mol. The van der Waals surface area contributed by atoms with Crippen molar-refractivity contribution < 1.29 is 56.5 Å². The van der Waals surface area contributed by atoms with E-state index in [0.29, 0.717) is 67.9 Å². The number of fused-ring (bicyclic) bond motifs is 2. The molecule has 105 heavy (non-hydrogen) atoms. The van der Waals surface area contributed by atoms with Crippen LogP contribution in [0.3, 0.4) is 0 Å². The molecule has 0 saturated carbocycles. The number of carbonyl (C=O) groups excluding carboxylic acids is 6. The lowest BCUT2D eigenvalue weighted by Crippen LogP contribution is -2.56. The molecule has 0 bridgehead atoms. The average Bonchev–Trinajstić information content (AvgIpc) is 1.61. The van der Waals surface area contributed by atoms with E-state index in [9.17, 15) is 37.5 Å². The number of carbonyl (C=O) groups is 6. The summed E-state index contributed by atoms with van der Waals surface area (Å²) in [6, 6.07) is 25.5. The Kier molecular flexibility index (Phi) is 22.1. The molecule has 0 aliphatic carbocycles. The first kappa shape index (κ1) is 76.6. The zero-order chi connectivity index (χ0) is 76.4. The second-order valence-corrected chi connectivity index (χ2v) is 30.8. The lowest BCUT2D eigenvalue weighted by Gasteiger charge is -2.30. The van der Waals surface area contributed by atoms with Crippen LogP contribution in [0.15, 0.2) is 131 Å². The molecule has 26 nitrogen and oxygen atoms in total. The Morgan fingerprint density at radius 3 is 1.22 bits per heavy atom. The summed E-state index contributed by atoms with van der Waals surface area (Å²) in [6.45, 7) is 25.0. The number of hydrogen-bond donors (Lipinski definition) is 4. The monoisotopic (exact) mass is 1440 g/mol. The highest BCUT2D eigenvalue weighted by Gasteiger charge is 2.45. The molecular formula is C77H92F2N14O12. The minimum absolute atomic E-state index is 0.00336. The van der Waals surface area contributed by atoms with E-state index < -0.39 is 99.1 Å². The van der Waals surface area contributed by atoms with Gasteiger partial charge >= 0.3 is 12.2 Å². The number of hydrogen-bond acceptors (Lipinski definition) is 16. The molecule has 28 heteroatoms. The van der Waals surface area contributed by atoms with Crippen LogP contribution < -0.4 is 41.0 Å². The van der Waals surface area contributed by atoms with Crippen molar-refractivity contribution in [2.45, 2.75) is 188 Å². The van der Waals surface area contributed by atoms with E-state index in [1.54, 1.807) is 90.3 Å². The van der Waals surface area contributed by atoms with Crippen LogP contribution in [0.5, 0.6) is 11.5 Å². The highest BCUT2D eigenvalue weighted by molar-refractivity contribution is 6.03. The van der Waals surface area contributed by atoms with Crippen molar-refractivity contribution in [1.82, 2.24) is 60.4 Å². The van der Waals surface area contributed by atoms with Crippen LogP contribution in [0.1, 0.15) is 153 Å².